The molecule has 2 aromatic heterocycles. The summed E-state index contributed by atoms with van der Waals surface area (Å²) in [6, 6.07) is 3.64. The zero-order valence-corrected chi connectivity index (χ0v) is 10.8. The van der Waals surface area contributed by atoms with E-state index in [1.54, 1.807) is 18.5 Å². The predicted octanol–water partition coefficient (Wildman–Crippen LogP) is 2.51. The van der Waals surface area contributed by atoms with E-state index in [0.29, 0.717) is 18.8 Å². The number of aromatic nitrogens is 2. The molecule has 2 rings (SSSR count). The van der Waals surface area contributed by atoms with Gasteiger partial charge in [-0.2, -0.15) is 5.10 Å². The van der Waals surface area contributed by atoms with E-state index < -0.39 is 0 Å². The average molecular weight is 268 g/mol. The molecular weight excluding hydrogens is 254 g/mol. The Bertz CT molecular complexity index is 563. The number of rotatable bonds is 5. The fourth-order valence-corrected chi connectivity index (χ4v) is 1.77. The Morgan fingerprint density at radius 3 is 3.06 bits per heavy atom. The molecule has 0 aromatic carbocycles. The fourth-order valence-electron chi connectivity index (χ4n) is 1.55. The van der Waals surface area contributed by atoms with E-state index in [2.05, 4.69) is 10.4 Å². The lowest BCUT2D eigenvalue weighted by Crippen LogP contribution is -2.24. The maximum absolute atomic E-state index is 11.8. The van der Waals surface area contributed by atoms with Gasteiger partial charge in [0, 0.05) is 6.54 Å². The summed E-state index contributed by atoms with van der Waals surface area (Å²) in [5.74, 6) is 0.767. The first kappa shape index (κ1) is 12.7. The number of nitrogens with zero attached hydrogens (tertiary/aromatic N) is 2. The Labute approximate surface area is 109 Å². The van der Waals surface area contributed by atoms with Crippen LogP contribution in [0.25, 0.3) is 0 Å². The zero-order chi connectivity index (χ0) is 13.0. The number of aryl methyl sites for hydroxylation is 1. The molecule has 0 fully saturated rings. The third-order valence-corrected chi connectivity index (χ3v) is 2.82. The second-order valence-corrected chi connectivity index (χ2v) is 4.21. The molecule has 0 bridgehead atoms. The molecule has 18 heavy (non-hydrogen) atoms. The molecule has 0 radical (unpaired) electrons. The number of furan rings is 1. The van der Waals surface area contributed by atoms with Crippen LogP contribution in [0.1, 0.15) is 19.1 Å². The van der Waals surface area contributed by atoms with Crippen LogP contribution in [0, 0.1) is 0 Å². The van der Waals surface area contributed by atoms with Crippen molar-refractivity contribution in [3.63, 3.8) is 0 Å². The molecule has 0 aliphatic rings. The Kier molecular flexibility index (Phi) is 4.04. The predicted molar refractivity (Wildman–Crippen MR) is 69.8 cm³/mol. The highest BCUT2D eigenvalue weighted by Crippen LogP contribution is 2.16. The van der Waals surface area contributed by atoms with E-state index in [4.69, 9.17) is 16.0 Å². The average Bonchev–Trinajstić information content (AvgIpc) is 2.87. The van der Waals surface area contributed by atoms with Crippen LogP contribution in [0.3, 0.4) is 0 Å². The molecule has 0 atom stereocenters. The highest BCUT2D eigenvalue weighted by atomic mass is 35.5. The topological polar surface area (TPSA) is 60.1 Å². The first-order chi connectivity index (χ1) is 8.72. The second-order valence-electron chi connectivity index (χ2n) is 3.83. The van der Waals surface area contributed by atoms with Gasteiger partial charge in [-0.3, -0.25) is 4.79 Å². The standard InChI is InChI=1S/C12H14ClN3O2/c1-2-5-16-12(17)11(13)10(8-15-16)14-7-9-4-3-6-18-9/h3-4,6,8,14H,2,5,7H2,1H3. The van der Waals surface area contributed by atoms with Gasteiger partial charge in [0.2, 0.25) is 0 Å². The van der Waals surface area contributed by atoms with E-state index in [-0.39, 0.29) is 10.6 Å². The molecule has 6 heteroatoms. The van der Waals surface area contributed by atoms with Crippen molar-refractivity contribution in [2.45, 2.75) is 26.4 Å². The highest BCUT2D eigenvalue weighted by Gasteiger charge is 2.08. The Morgan fingerprint density at radius 1 is 1.56 bits per heavy atom. The second kappa shape index (κ2) is 5.73. The number of halogens is 1. The largest absolute Gasteiger partial charge is 0.467 e. The van der Waals surface area contributed by atoms with E-state index in [9.17, 15) is 4.79 Å². The van der Waals surface area contributed by atoms with Gasteiger partial charge < -0.3 is 9.73 Å². The summed E-state index contributed by atoms with van der Waals surface area (Å²) < 4.78 is 6.54. The van der Waals surface area contributed by atoms with Gasteiger partial charge in [0.05, 0.1) is 24.7 Å². The lowest BCUT2D eigenvalue weighted by molar-refractivity contribution is 0.517. The summed E-state index contributed by atoms with van der Waals surface area (Å²) >= 11 is 6.01. The molecule has 0 spiro atoms. The number of hydrogen-bond donors (Lipinski definition) is 1. The Morgan fingerprint density at radius 2 is 2.39 bits per heavy atom. The van der Waals surface area contributed by atoms with Crippen molar-refractivity contribution < 1.29 is 4.42 Å². The van der Waals surface area contributed by atoms with Gasteiger partial charge in [0.1, 0.15) is 10.8 Å². The summed E-state index contributed by atoms with van der Waals surface area (Å²) in [6.07, 6.45) is 3.99. The lowest BCUT2D eigenvalue weighted by Gasteiger charge is -2.08. The normalized spacial score (nSPS) is 10.6. The number of hydrogen-bond acceptors (Lipinski definition) is 4. The van der Waals surface area contributed by atoms with Crippen LogP contribution >= 0.6 is 11.6 Å². The van der Waals surface area contributed by atoms with Gasteiger partial charge in [0.25, 0.3) is 5.56 Å². The Balaban J connectivity index is 2.14. The van der Waals surface area contributed by atoms with Crippen LogP contribution in [0.15, 0.2) is 33.8 Å². The monoisotopic (exact) mass is 267 g/mol. The van der Waals surface area contributed by atoms with Crippen LogP contribution in [-0.4, -0.2) is 9.78 Å². The van der Waals surface area contributed by atoms with Crippen LogP contribution in [0.4, 0.5) is 5.69 Å². The van der Waals surface area contributed by atoms with Crippen molar-refractivity contribution in [3.05, 3.63) is 45.7 Å². The number of nitrogens with one attached hydrogen (secondary N) is 1. The molecule has 2 aromatic rings. The van der Waals surface area contributed by atoms with Crippen LogP contribution < -0.4 is 10.9 Å². The zero-order valence-electron chi connectivity index (χ0n) is 10.0. The molecule has 0 saturated heterocycles. The van der Waals surface area contributed by atoms with E-state index in [1.165, 1.54) is 4.68 Å². The van der Waals surface area contributed by atoms with Gasteiger partial charge in [0.15, 0.2) is 0 Å². The van der Waals surface area contributed by atoms with Gasteiger partial charge >= 0.3 is 0 Å². The van der Waals surface area contributed by atoms with Crippen molar-refractivity contribution >= 4 is 17.3 Å². The molecule has 2 heterocycles. The van der Waals surface area contributed by atoms with Gasteiger partial charge in [-0.05, 0) is 18.6 Å². The van der Waals surface area contributed by atoms with Crippen LogP contribution in [0.5, 0.6) is 0 Å². The summed E-state index contributed by atoms with van der Waals surface area (Å²) in [5, 5.41) is 7.24. The molecule has 1 N–H and O–H groups in total. The molecule has 5 nitrogen and oxygen atoms in total. The summed E-state index contributed by atoms with van der Waals surface area (Å²) in [6.45, 7) is 3.01. The van der Waals surface area contributed by atoms with Crippen molar-refractivity contribution in [2.24, 2.45) is 0 Å². The van der Waals surface area contributed by atoms with Gasteiger partial charge in [-0.25, -0.2) is 4.68 Å². The van der Waals surface area contributed by atoms with E-state index >= 15 is 0 Å². The van der Waals surface area contributed by atoms with Gasteiger partial charge in [-0.15, -0.1) is 0 Å². The van der Waals surface area contributed by atoms with Crippen molar-refractivity contribution in [2.75, 3.05) is 5.32 Å². The minimum atomic E-state index is -0.275. The minimum Gasteiger partial charge on any atom is -0.467 e. The summed E-state index contributed by atoms with van der Waals surface area (Å²) in [7, 11) is 0. The number of anilines is 1. The highest BCUT2D eigenvalue weighted by molar-refractivity contribution is 6.32. The molecular formula is C12H14ClN3O2. The molecule has 0 aliphatic carbocycles. The smallest absolute Gasteiger partial charge is 0.287 e. The summed E-state index contributed by atoms with van der Waals surface area (Å²) in [4.78, 5) is 11.8. The first-order valence-corrected chi connectivity index (χ1v) is 6.12. The maximum Gasteiger partial charge on any atom is 0.287 e. The van der Waals surface area contributed by atoms with E-state index in [0.717, 1.165) is 12.2 Å². The van der Waals surface area contributed by atoms with Crippen molar-refractivity contribution in [1.29, 1.82) is 0 Å². The first-order valence-electron chi connectivity index (χ1n) is 5.74. The third-order valence-electron chi connectivity index (χ3n) is 2.45. The quantitative estimate of drug-likeness (QED) is 0.904. The lowest BCUT2D eigenvalue weighted by atomic mass is 10.4. The molecule has 0 saturated carbocycles. The van der Waals surface area contributed by atoms with Crippen LogP contribution in [-0.2, 0) is 13.1 Å². The van der Waals surface area contributed by atoms with Crippen molar-refractivity contribution in [1.82, 2.24) is 9.78 Å². The molecule has 0 aliphatic heterocycles. The van der Waals surface area contributed by atoms with Gasteiger partial charge in [-0.1, -0.05) is 18.5 Å². The molecule has 0 unspecified atom stereocenters. The minimum absolute atomic E-state index is 0.157. The summed E-state index contributed by atoms with van der Waals surface area (Å²) in [5.41, 5.74) is 0.244. The van der Waals surface area contributed by atoms with Crippen molar-refractivity contribution in [3.8, 4) is 0 Å². The molecule has 96 valence electrons. The maximum atomic E-state index is 11.8. The molecule has 0 amide bonds. The van der Waals surface area contributed by atoms with Crippen LogP contribution in [0.2, 0.25) is 5.02 Å². The fraction of sp³-hybridized carbons (Fsp3) is 0.333. The Hall–Kier alpha value is -1.75. The SMILES string of the molecule is CCCn1ncc(NCc2ccco2)c(Cl)c1=O. The third kappa shape index (κ3) is 2.73. The van der Waals surface area contributed by atoms with E-state index in [1.807, 2.05) is 13.0 Å².